The molecule has 3 aromatic heterocycles. The maximum absolute atomic E-state index is 14.0. The Morgan fingerprint density at radius 2 is 2.11 bits per heavy atom. The van der Waals surface area contributed by atoms with Crippen LogP contribution in [-0.4, -0.2) is 25.4 Å². The van der Waals surface area contributed by atoms with Crippen LogP contribution in [0.1, 0.15) is 30.4 Å². The zero-order valence-corrected chi connectivity index (χ0v) is 14.6. The Kier molecular flexibility index (Phi) is 4.19. The molecule has 0 bridgehead atoms. The molecule has 0 fully saturated rings. The van der Waals surface area contributed by atoms with Gasteiger partial charge in [-0.2, -0.15) is 0 Å². The molecule has 0 aromatic carbocycles. The van der Waals surface area contributed by atoms with Crippen LogP contribution >= 0.6 is 0 Å². The van der Waals surface area contributed by atoms with Gasteiger partial charge in [-0.25, -0.2) is 23.7 Å². The highest BCUT2D eigenvalue weighted by molar-refractivity contribution is 5.74. The largest absolute Gasteiger partial charge is 0.295 e. The van der Waals surface area contributed by atoms with Crippen LogP contribution in [0.4, 0.5) is 8.78 Å². The molecule has 0 spiro atoms. The monoisotopic (exact) mass is 366 g/mol. The molecule has 0 aliphatic carbocycles. The van der Waals surface area contributed by atoms with E-state index >= 15 is 0 Å². The Morgan fingerprint density at radius 3 is 2.89 bits per heavy atom. The first-order valence-corrected chi connectivity index (χ1v) is 8.64. The first-order chi connectivity index (χ1) is 12.9. The van der Waals surface area contributed by atoms with Gasteiger partial charge in [0, 0.05) is 43.3 Å². The summed E-state index contributed by atoms with van der Waals surface area (Å²) in [5.41, 5.74) is 1.35. The Morgan fingerprint density at radius 1 is 1.26 bits per heavy atom. The lowest BCUT2D eigenvalue weighted by molar-refractivity contribution is -0.0571. The summed E-state index contributed by atoms with van der Waals surface area (Å²) in [7, 11) is 0. The molecule has 7 heteroatoms. The molecular weight excluding hydrogens is 350 g/mol. The Balaban J connectivity index is 1.78. The van der Waals surface area contributed by atoms with Gasteiger partial charge in [-0.3, -0.25) is 9.36 Å². The summed E-state index contributed by atoms with van der Waals surface area (Å²) >= 11 is 0. The number of halogens is 2. The van der Waals surface area contributed by atoms with E-state index in [2.05, 4.69) is 26.8 Å². The first-order valence-electron chi connectivity index (χ1n) is 8.64. The van der Waals surface area contributed by atoms with E-state index in [0.717, 1.165) is 0 Å². The third-order valence-corrected chi connectivity index (χ3v) is 4.75. The van der Waals surface area contributed by atoms with Crippen LogP contribution in [0.25, 0.3) is 11.0 Å². The fraction of sp³-hybridized carbons (Fsp3) is 0.300. The lowest BCUT2D eigenvalue weighted by Gasteiger charge is -2.19. The third-order valence-electron chi connectivity index (χ3n) is 4.75. The van der Waals surface area contributed by atoms with Crippen LogP contribution in [0.15, 0.2) is 41.5 Å². The van der Waals surface area contributed by atoms with Crippen LogP contribution in [-0.2, 0) is 13.0 Å². The minimum atomic E-state index is -2.82. The van der Waals surface area contributed by atoms with E-state index in [0.29, 0.717) is 22.6 Å². The highest BCUT2D eigenvalue weighted by Gasteiger charge is 2.39. The molecule has 0 amide bonds. The van der Waals surface area contributed by atoms with Crippen molar-refractivity contribution < 1.29 is 8.78 Å². The van der Waals surface area contributed by atoms with Gasteiger partial charge in [0.2, 0.25) is 0 Å². The number of aromatic nitrogens is 4. The van der Waals surface area contributed by atoms with E-state index in [-0.39, 0.29) is 30.5 Å². The molecule has 4 heterocycles. The van der Waals surface area contributed by atoms with Gasteiger partial charge in [-0.15, -0.1) is 0 Å². The minimum Gasteiger partial charge on any atom is -0.295 e. The maximum atomic E-state index is 14.0. The number of nitrogens with zero attached hydrogens (tertiary/aromatic N) is 4. The fourth-order valence-corrected chi connectivity index (χ4v) is 3.11. The predicted octanol–water partition coefficient (Wildman–Crippen LogP) is 2.80. The van der Waals surface area contributed by atoms with Gasteiger partial charge in [-0.05, 0) is 24.1 Å². The van der Waals surface area contributed by atoms with E-state index < -0.39 is 11.8 Å². The van der Waals surface area contributed by atoms with Crippen molar-refractivity contribution in [2.24, 2.45) is 5.92 Å². The summed E-state index contributed by atoms with van der Waals surface area (Å²) < 4.78 is 29.4. The van der Waals surface area contributed by atoms with E-state index in [9.17, 15) is 13.6 Å². The fourth-order valence-electron chi connectivity index (χ4n) is 3.11. The molecule has 3 aromatic rings. The topological polar surface area (TPSA) is 60.7 Å². The van der Waals surface area contributed by atoms with Crippen molar-refractivity contribution >= 4 is 11.0 Å². The van der Waals surface area contributed by atoms with Crippen molar-refractivity contribution in [3.8, 4) is 11.8 Å². The van der Waals surface area contributed by atoms with Gasteiger partial charge in [0.15, 0.2) is 5.52 Å². The lowest BCUT2D eigenvalue weighted by Crippen LogP contribution is -2.26. The molecule has 0 saturated heterocycles. The van der Waals surface area contributed by atoms with Gasteiger partial charge in [-0.1, -0.05) is 18.9 Å². The Labute approximate surface area is 154 Å². The van der Waals surface area contributed by atoms with Crippen LogP contribution in [0.5, 0.6) is 0 Å². The molecule has 1 aliphatic heterocycles. The summed E-state index contributed by atoms with van der Waals surface area (Å²) in [6.45, 7) is 1.43. The summed E-state index contributed by atoms with van der Waals surface area (Å²) in [6, 6.07) is 7.09. The second kappa shape index (κ2) is 6.54. The van der Waals surface area contributed by atoms with Crippen LogP contribution in [0.3, 0.4) is 0 Å². The highest BCUT2D eigenvalue weighted by atomic mass is 19.3. The van der Waals surface area contributed by atoms with E-state index in [1.807, 2.05) is 6.07 Å². The van der Waals surface area contributed by atoms with Gasteiger partial charge >= 0.3 is 0 Å². The van der Waals surface area contributed by atoms with Crippen molar-refractivity contribution in [1.29, 1.82) is 0 Å². The molecule has 5 nitrogen and oxygen atoms in total. The first kappa shape index (κ1) is 17.3. The number of fused-ring (bicyclic) bond motifs is 2. The smallest absolute Gasteiger partial charge is 0.280 e. The molecule has 1 aliphatic rings. The highest BCUT2D eigenvalue weighted by Crippen LogP contribution is 2.33. The lowest BCUT2D eigenvalue weighted by atomic mass is 9.98. The van der Waals surface area contributed by atoms with Crippen LogP contribution < -0.4 is 5.56 Å². The summed E-state index contributed by atoms with van der Waals surface area (Å²) in [6.07, 6.45) is 2.81. The average Bonchev–Trinajstić information content (AvgIpc) is 2.77. The van der Waals surface area contributed by atoms with E-state index in [1.54, 1.807) is 24.4 Å². The number of hydrogen-bond acceptors (Lipinski definition) is 4. The van der Waals surface area contributed by atoms with Crippen LogP contribution in [0.2, 0.25) is 0 Å². The quantitative estimate of drug-likeness (QED) is 0.574. The third kappa shape index (κ3) is 3.31. The van der Waals surface area contributed by atoms with E-state index in [1.165, 1.54) is 17.7 Å². The molecule has 0 N–H and O–H groups in total. The molecule has 1 unspecified atom stereocenters. The zero-order chi connectivity index (χ0) is 19.0. The molecule has 27 heavy (non-hydrogen) atoms. The van der Waals surface area contributed by atoms with Gasteiger partial charge in [0.25, 0.3) is 11.5 Å². The SMILES string of the molecule is CC1Cc2nc3cc(C#Cc4ccccn4)cnc3c(=O)n2CCC1(F)F. The number of rotatable bonds is 0. The van der Waals surface area contributed by atoms with Crippen molar-refractivity contribution in [3.63, 3.8) is 0 Å². The van der Waals surface area contributed by atoms with Crippen molar-refractivity contribution in [2.45, 2.75) is 32.2 Å². The number of alkyl halides is 2. The predicted molar refractivity (Wildman–Crippen MR) is 96.4 cm³/mol. The second-order valence-corrected chi connectivity index (χ2v) is 6.66. The Hall–Kier alpha value is -3.14. The second-order valence-electron chi connectivity index (χ2n) is 6.66. The molecule has 1 atom stereocenters. The molecule has 4 rings (SSSR count). The number of hydrogen-bond donors (Lipinski definition) is 0. The van der Waals surface area contributed by atoms with Gasteiger partial charge in [0.05, 0.1) is 5.52 Å². The Bertz CT molecular complexity index is 1130. The van der Waals surface area contributed by atoms with Crippen molar-refractivity contribution in [2.75, 3.05) is 0 Å². The van der Waals surface area contributed by atoms with Crippen molar-refractivity contribution in [3.05, 3.63) is 64.1 Å². The summed E-state index contributed by atoms with van der Waals surface area (Å²) in [4.78, 5) is 25.5. The normalized spacial score (nSPS) is 18.3. The van der Waals surface area contributed by atoms with E-state index in [4.69, 9.17) is 0 Å². The zero-order valence-electron chi connectivity index (χ0n) is 14.6. The summed E-state index contributed by atoms with van der Waals surface area (Å²) in [5.74, 6) is 2.53. The molecule has 136 valence electrons. The molecular formula is C20H16F2N4O. The van der Waals surface area contributed by atoms with Gasteiger partial charge < -0.3 is 0 Å². The molecule has 0 radical (unpaired) electrons. The number of pyridine rings is 2. The maximum Gasteiger partial charge on any atom is 0.280 e. The molecule has 0 saturated carbocycles. The van der Waals surface area contributed by atoms with Crippen LogP contribution in [0, 0.1) is 17.8 Å². The standard InChI is InChI=1S/C20H16F2N4O/c1-13-10-17-25-16-11-14(5-6-15-4-2-3-8-23-15)12-24-18(16)19(27)26(17)9-7-20(13,21)22/h2-4,8,11-13H,7,9-10H2,1H3. The average molecular weight is 366 g/mol. The minimum absolute atomic E-state index is 0.0437. The van der Waals surface area contributed by atoms with Crippen molar-refractivity contribution in [1.82, 2.24) is 19.5 Å². The van der Waals surface area contributed by atoms with Gasteiger partial charge in [0.1, 0.15) is 11.5 Å². The summed E-state index contributed by atoms with van der Waals surface area (Å²) in [5, 5.41) is 0.